The van der Waals surface area contributed by atoms with Crippen molar-refractivity contribution in [2.75, 3.05) is 13.2 Å². The minimum Gasteiger partial charge on any atom is -0.543 e. The van der Waals surface area contributed by atoms with E-state index in [0.29, 0.717) is 11.0 Å². The molecule has 0 spiro atoms. The molecule has 2 aromatic heterocycles. The molecule has 0 amide bonds. The predicted octanol–water partition coefficient (Wildman–Crippen LogP) is -2.30. The van der Waals surface area contributed by atoms with Crippen LogP contribution in [0.4, 0.5) is 0 Å². The maximum absolute atomic E-state index is 10.5. The van der Waals surface area contributed by atoms with Crippen molar-refractivity contribution >= 4 is 33.7 Å². The summed E-state index contributed by atoms with van der Waals surface area (Å²) in [6, 6.07) is 21.0. The molecule has 0 radical (unpaired) electrons. The zero-order valence-corrected chi connectivity index (χ0v) is 21.2. The van der Waals surface area contributed by atoms with Crippen LogP contribution in [-0.2, 0) is 27.4 Å². The second-order valence-electron chi connectivity index (χ2n) is 5.99. The molecule has 12 nitrogen and oxygen atoms in total. The molecule has 13 heteroatoms. The Morgan fingerprint density at radius 2 is 0.919 bits per heavy atom. The smallest absolute Gasteiger partial charge is 0.543 e. The molecule has 0 aliphatic rings. The number of carbonyl (C=O) groups excluding carboxylic acids is 2. The van der Waals surface area contributed by atoms with Gasteiger partial charge in [-0.05, 0) is 38.1 Å². The van der Waals surface area contributed by atoms with E-state index in [0.717, 1.165) is 10.8 Å². The second kappa shape index (κ2) is 24.2. The van der Waals surface area contributed by atoms with Gasteiger partial charge >= 0.3 is 16.5 Å². The van der Waals surface area contributed by atoms with E-state index in [1.807, 2.05) is 36.4 Å². The van der Waals surface area contributed by atoms with Gasteiger partial charge in [0.2, 0.25) is 0 Å². The number of aliphatic hydroxyl groups excluding tert-OH is 2. The standard InChI is InChI=1S/2C10H7NO2.2C2H6O.Ni.4H2O/c2*12-10(13)9-6-5-7-3-1-2-4-8(7)11-9;2*1-2-3;;;;;/h2*1-6H,(H,12,13);2*3H,2H2,1H3;;4*1H2/q;;;;+2;;;;. The quantitative estimate of drug-likeness (QED) is 0.195. The van der Waals surface area contributed by atoms with Gasteiger partial charge in [0.25, 0.3) is 0 Å². The van der Waals surface area contributed by atoms with Crippen LogP contribution >= 0.6 is 0 Å². The van der Waals surface area contributed by atoms with Crippen LogP contribution in [0.5, 0.6) is 0 Å². The zero-order chi connectivity index (χ0) is 23.9. The molecule has 0 fully saturated rings. The number of pyridine rings is 2. The summed E-state index contributed by atoms with van der Waals surface area (Å²) in [4.78, 5) is 28.8. The molecule has 12 N–H and O–H groups in total. The summed E-state index contributed by atoms with van der Waals surface area (Å²) in [5.41, 5.74) is 1.28. The summed E-state index contributed by atoms with van der Waals surface area (Å²) < 4.78 is 0. The van der Waals surface area contributed by atoms with Crippen LogP contribution < -0.4 is 10.2 Å². The van der Waals surface area contributed by atoms with E-state index >= 15 is 0 Å². The van der Waals surface area contributed by atoms with E-state index < -0.39 is 11.9 Å². The van der Waals surface area contributed by atoms with Crippen molar-refractivity contribution in [2.45, 2.75) is 13.8 Å². The fourth-order valence-corrected chi connectivity index (χ4v) is 2.36. The second-order valence-corrected chi connectivity index (χ2v) is 5.99. The summed E-state index contributed by atoms with van der Waals surface area (Å²) >= 11 is 0. The van der Waals surface area contributed by atoms with Crippen LogP contribution in [-0.4, -0.2) is 56.3 Å². The number of hydrogen-bond acceptors (Lipinski definition) is 8. The Morgan fingerprint density at radius 3 is 1.19 bits per heavy atom. The summed E-state index contributed by atoms with van der Waals surface area (Å²) in [5.74, 6) is -2.49. The first-order valence-electron chi connectivity index (χ1n) is 9.73. The average Bonchev–Trinajstić information content (AvgIpc) is 2.80. The molecule has 0 saturated heterocycles. The van der Waals surface area contributed by atoms with Gasteiger partial charge in [-0.1, -0.05) is 48.5 Å². The van der Waals surface area contributed by atoms with Crippen LogP contribution in [0.1, 0.15) is 34.8 Å². The number of para-hydroxylation sites is 2. The Bertz CT molecular complexity index is 1070. The molecule has 4 rings (SSSR count). The number of carboxylic acids is 2. The van der Waals surface area contributed by atoms with E-state index in [9.17, 15) is 19.8 Å². The van der Waals surface area contributed by atoms with Gasteiger partial charge in [0.15, 0.2) is 0 Å². The Morgan fingerprint density at radius 1 is 0.649 bits per heavy atom. The van der Waals surface area contributed by atoms with E-state index in [-0.39, 0.29) is 63.0 Å². The number of aliphatic hydroxyl groups is 2. The molecule has 2 heterocycles. The van der Waals surface area contributed by atoms with Crippen molar-refractivity contribution in [2.24, 2.45) is 0 Å². The Hall–Kier alpha value is -3.55. The van der Waals surface area contributed by atoms with Gasteiger partial charge in [-0.2, -0.15) is 0 Å². The van der Waals surface area contributed by atoms with Crippen molar-refractivity contribution in [3.8, 4) is 0 Å². The third-order valence-corrected chi connectivity index (χ3v) is 3.62. The molecule has 0 bridgehead atoms. The molecular weight excluding hydrogens is 535 g/mol. The summed E-state index contributed by atoms with van der Waals surface area (Å²) in [6.45, 7) is 3.86. The number of nitrogens with zero attached hydrogens (tertiary/aromatic N) is 2. The number of fused-ring (bicyclic) bond motifs is 2. The first-order chi connectivity index (χ1) is 15.4. The minimum absolute atomic E-state index is 0. The van der Waals surface area contributed by atoms with Crippen molar-refractivity contribution in [3.05, 3.63) is 84.2 Å². The van der Waals surface area contributed by atoms with E-state index in [4.69, 9.17) is 10.2 Å². The van der Waals surface area contributed by atoms with Crippen molar-refractivity contribution in [1.29, 1.82) is 0 Å². The van der Waals surface area contributed by atoms with E-state index in [1.54, 1.807) is 38.1 Å². The number of aromatic nitrogens is 2. The van der Waals surface area contributed by atoms with Crippen molar-refractivity contribution in [1.82, 2.24) is 9.97 Å². The molecular formula is C24H34N2NiO10+2. The van der Waals surface area contributed by atoms with E-state index in [2.05, 4.69) is 9.97 Å². The van der Waals surface area contributed by atoms with Gasteiger partial charge < -0.3 is 51.9 Å². The van der Waals surface area contributed by atoms with Crippen LogP contribution in [0.15, 0.2) is 72.8 Å². The van der Waals surface area contributed by atoms with Gasteiger partial charge in [-0.15, -0.1) is 0 Å². The van der Waals surface area contributed by atoms with E-state index in [1.165, 1.54) is 12.1 Å². The first kappa shape index (κ1) is 43.5. The van der Waals surface area contributed by atoms with Crippen LogP contribution in [0.3, 0.4) is 0 Å². The zero-order valence-electron chi connectivity index (χ0n) is 20.2. The number of carbonyl (C=O) groups is 2. The van der Waals surface area contributed by atoms with Gasteiger partial charge in [0.1, 0.15) is 0 Å². The maximum atomic E-state index is 10.5. The Labute approximate surface area is 223 Å². The monoisotopic (exact) mass is 568 g/mol. The third-order valence-electron chi connectivity index (χ3n) is 3.62. The normalized spacial score (nSPS) is 8.11. The van der Waals surface area contributed by atoms with Crippen molar-refractivity contribution < 1.29 is 68.4 Å². The van der Waals surface area contributed by atoms with Crippen molar-refractivity contribution in [3.63, 3.8) is 0 Å². The molecule has 2 aromatic carbocycles. The topological polar surface area (TPSA) is 276 Å². The first-order valence-corrected chi connectivity index (χ1v) is 9.73. The molecule has 37 heavy (non-hydrogen) atoms. The number of benzene rings is 2. The number of rotatable bonds is 2. The average molecular weight is 569 g/mol. The summed E-state index contributed by atoms with van der Waals surface area (Å²) in [5, 5.41) is 37.9. The van der Waals surface area contributed by atoms with Crippen LogP contribution in [0, 0.1) is 0 Å². The fourth-order valence-electron chi connectivity index (χ4n) is 2.36. The molecule has 0 atom stereocenters. The Balaban J connectivity index is -0.000000137. The molecule has 4 aromatic rings. The summed E-state index contributed by atoms with van der Waals surface area (Å²) in [6.07, 6.45) is 0. The SMILES string of the molecule is CCO.CCO.O.O.O=C([O-])c1ccc2ccccc2n1.O=C([O-])c1ccc2ccccc2n1.[Ni+2].[OH3+].[OH3+]. The molecule has 208 valence electrons. The number of hydrogen-bond donors (Lipinski definition) is 2. The summed E-state index contributed by atoms with van der Waals surface area (Å²) in [7, 11) is 0. The van der Waals surface area contributed by atoms with Gasteiger partial charge in [0.05, 0.1) is 34.4 Å². The predicted molar refractivity (Wildman–Crippen MR) is 135 cm³/mol. The largest absolute Gasteiger partial charge is 2.00 e. The van der Waals surface area contributed by atoms with Crippen LogP contribution in [0.25, 0.3) is 21.8 Å². The molecule has 0 unspecified atom stereocenters. The van der Waals surface area contributed by atoms with Crippen LogP contribution in [0.2, 0.25) is 0 Å². The van der Waals surface area contributed by atoms with Gasteiger partial charge in [-0.3, -0.25) is 0 Å². The van der Waals surface area contributed by atoms with Gasteiger partial charge in [-0.25, -0.2) is 9.97 Å². The third kappa shape index (κ3) is 15.2. The minimum atomic E-state index is -1.24. The maximum Gasteiger partial charge on any atom is 2.00 e. The molecule has 0 saturated carbocycles. The Kier molecular flexibility index (Phi) is 28.4. The number of carboxylic acid groups (broad SMARTS) is 2. The van der Waals surface area contributed by atoms with Gasteiger partial charge in [0, 0.05) is 24.0 Å². The fraction of sp³-hybridized carbons (Fsp3) is 0.167. The number of aromatic carboxylic acids is 2. The molecule has 0 aliphatic heterocycles. The molecule has 0 aliphatic carbocycles.